The molecule has 2 amide bonds. The Kier molecular flexibility index (Phi) is 6.18. The van der Waals surface area contributed by atoms with E-state index in [2.05, 4.69) is 10.3 Å². The number of benzene rings is 2. The number of hydrogen-bond acceptors (Lipinski definition) is 3. The number of carbonyl (C=O) groups is 2. The van der Waals surface area contributed by atoms with Gasteiger partial charge in [0.25, 0.3) is 5.91 Å². The fourth-order valence-electron chi connectivity index (χ4n) is 3.97. The van der Waals surface area contributed by atoms with Crippen LogP contribution in [0.25, 0.3) is 0 Å². The SMILES string of the molecule is O=C(NC1CCN(C(=O)C(c2ccccc2)c2ccccc2)CC1)c1ccncc1. The fraction of sp³-hybridized carbons (Fsp3) is 0.240. The molecule has 1 N–H and O–H groups in total. The number of hydrogen-bond donors (Lipinski definition) is 1. The molecule has 2 heterocycles. The van der Waals surface area contributed by atoms with Gasteiger partial charge in [0.2, 0.25) is 5.91 Å². The molecule has 1 saturated heterocycles. The van der Waals surface area contributed by atoms with E-state index in [1.54, 1.807) is 24.5 Å². The van der Waals surface area contributed by atoms with Gasteiger partial charge in [-0.15, -0.1) is 0 Å². The van der Waals surface area contributed by atoms with E-state index in [1.165, 1.54) is 0 Å². The summed E-state index contributed by atoms with van der Waals surface area (Å²) in [7, 11) is 0. The molecule has 0 aliphatic carbocycles. The van der Waals surface area contributed by atoms with Crippen molar-refractivity contribution < 1.29 is 9.59 Å². The number of piperidine rings is 1. The molecule has 0 atom stereocenters. The summed E-state index contributed by atoms with van der Waals surface area (Å²) < 4.78 is 0. The predicted octanol–water partition coefficient (Wildman–Crippen LogP) is 3.63. The lowest BCUT2D eigenvalue weighted by Gasteiger charge is -2.35. The largest absolute Gasteiger partial charge is 0.349 e. The van der Waals surface area contributed by atoms with Crippen molar-refractivity contribution >= 4 is 11.8 Å². The van der Waals surface area contributed by atoms with E-state index in [4.69, 9.17) is 0 Å². The molecule has 3 aromatic rings. The molecule has 0 spiro atoms. The number of nitrogens with zero attached hydrogens (tertiary/aromatic N) is 2. The van der Waals surface area contributed by atoms with Crippen LogP contribution in [0.15, 0.2) is 85.2 Å². The molecule has 1 aliphatic rings. The number of nitrogens with one attached hydrogen (secondary N) is 1. The summed E-state index contributed by atoms with van der Waals surface area (Å²) in [4.78, 5) is 31.7. The Hall–Kier alpha value is -3.47. The quantitative estimate of drug-likeness (QED) is 0.713. The number of rotatable bonds is 5. The Labute approximate surface area is 176 Å². The first-order chi connectivity index (χ1) is 14.7. The van der Waals surface area contributed by atoms with Crippen molar-refractivity contribution in [2.45, 2.75) is 24.8 Å². The molecule has 0 radical (unpaired) electrons. The van der Waals surface area contributed by atoms with E-state index in [9.17, 15) is 9.59 Å². The second-order valence-electron chi connectivity index (χ2n) is 7.56. The number of amides is 2. The standard InChI is InChI=1S/C25H25N3O2/c29-24(21-11-15-26-16-12-21)27-22-13-17-28(18-14-22)25(30)23(19-7-3-1-4-8-19)20-9-5-2-6-10-20/h1-12,15-16,22-23H,13-14,17-18H2,(H,27,29). The molecule has 0 unspecified atom stereocenters. The maximum absolute atomic E-state index is 13.5. The molecule has 1 fully saturated rings. The first-order valence-electron chi connectivity index (χ1n) is 10.3. The monoisotopic (exact) mass is 399 g/mol. The summed E-state index contributed by atoms with van der Waals surface area (Å²) in [6.07, 6.45) is 4.73. The molecule has 152 valence electrons. The van der Waals surface area contributed by atoms with Gasteiger partial charge in [-0.3, -0.25) is 14.6 Å². The molecule has 2 aromatic carbocycles. The predicted molar refractivity (Wildman–Crippen MR) is 116 cm³/mol. The van der Waals surface area contributed by atoms with Crippen molar-refractivity contribution in [2.75, 3.05) is 13.1 Å². The minimum absolute atomic E-state index is 0.0709. The van der Waals surface area contributed by atoms with Crippen LogP contribution < -0.4 is 5.32 Å². The minimum atomic E-state index is -0.310. The van der Waals surface area contributed by atoms with Crippen LogP contribution in [-0.4, -0.2) is 40.8 Å². The van der Waals surface area contributed by atoms with E-state index in [0.717, 1.165) is 24.0 Å². The summed E-state index contributed by atoms with van der Waals surface area (Å²) in [5.74, 6) is -0.282. The van der Waals surface area contributed by atoms with Gasteiger partial charge in [0.15, 0.2) is 0 Å². The average Bonchev–Trinajstić information content (AvgIpc) is 2.81. The van der Waals surface area contributed by atoms with Crippen molar-refractivity contribution in [1.82, 2.24) is 15.2 Å². The maximum atomic E-state index is 13.5. The lowest BCUT2D eigenvalue weighted by molar-refractivity contribution is -0.132. The van der Waals surface area contributed by atoms with Gasteiger partial charge in [0.1, 0.15) is 0 Å². The van der Waals surface area contributed by atoms with Crippen molar-refractivity contribution in [3.63, 3.8) is 0 Å². The zero-order valence-electron chi connectivity index (χ0n) is 16.8. The summed E-state index contributed by atoms with van der Waals surface area (Å²) in [5, 5.41) is 3.08. The zero-order chi connectivity index (χ0) is 20.8. The highest BCUT2D eigenvalue weighted by Gasteiger charge is 2.30. The van der Waals surface area contributed by atoms with Gasteiger partial charge in [-0.05, 0) is 36.1 Å². The molecule has 5 nitrogen and oxygen atoms in total. The van der Waals surface area contributed by atoms with Crippen LogP contribution in [0.2, 0.25) is 0 Å². The molecule has 0 saturated carbocycles. The lowest BCUT2D eigenvalue weighted by atomic mass is 9.89. The average molecular weight is 399 g/mol. The number of aromatic nitrogens is 1. The number of likely N-dealkylation sites (tertiary alicyclic amines) is 1. The molecular formula is C25H25N3O2. The smallest absolute Gasteiger partial charge is 0.251 e. The Morgan fingerprint density at radius 2 is 1.37 bits per heavy atom. The second-order valence-corrected chi connectivity index (χ2v) is 7.56. The normalized spacial score (nSPS) is 14.5. The molecule has 0 bridgehead atoms. The molecule has 30 heavy (non-hydrogen) atoms. The van der Waals surface area contributed by atoms with Crippen LogP contribution in [-0.2, 0) is 4.79 Å². The van der Waals surface area contributed by atoms with Gasteiger partial charge in [0.05, 0.1) is 5.92 Å². The summed E-state index contributed by atoms with van der Waals surface area (Å²) >= 11 is 0. The zero-order valence-corrected chi connectivity index (χ0v) is 16.8. The summed E-state index contributed by atoms with van der Waals surface area (Å²) in [6, 6.07) is 23.3. The van der Waals surface area contributed by atoms with Crippen LogP contribution in [0, 0.1) is 0 Å². The van der Waals surface area contributed by atoms with Gasteiger partial charge in [-0.1, -0.05) is 60.7 Å². The third kappa shape index (κ3) is 4.57. The number of pyridine rings is 1. The molecule has 1 aromatic heterocycles. The van der Waals surface area contributed by atoms with Crippen LogP contribution in [0.5, 0.6) is 0 Å². The van der Waals surface area contributed by atoms with E-state index in [1.807, 2.05) is 65.6 Å². The second kappa shape index (κ2) is 9.35. The fourth-order valence-corrected chi connectivity index (χ4v) is 3.97. The molecular weight excluding hydrogens is 374 g/mol. The maximum Gasteiger partial charge on any atom is 0.251 e. The topological polar surface area (TPSA) is 62.3 Å². The first-order valence-corrected chi connectivity index (χ1v) is 10.3. The van der Waals surface area contributed by atoms with Crippen LogP contribution >= 0.6 is 0 Å². The lowest BCUT2D eigenvalue weighted by Crippen LogP contribution is -2.47. The molecule has 4 rings (SSSR count). The van der Waals surface area contributed by atoms with E-state index in [-0.39, 0.29) is 23.8 Å². The highest BCUT2D eigenvalue weighted by molar-refractivity contribution is 5.94. The van der Waals surface area contributed by atoms with E-state index in [0.29, 0.717) is 18.7 Å². The van der Waals surface area contributed by atoms with Crippen LogP contribution in [0.4, 0.5) is 0 Å². The van der Waals surface area contributed by atoms with Crippen molar-refractivity contribution in [3.8, 4) is 0 Å². The Morgan fingerprint density at radius 3 is 1.90 bits per heavy atom. The molecule has 1 aliphatic heterocycles. The van der Waals surface area contributed by atoms with E-state index >= 15 is 0 Å². The third-order valence-corrected chi connectivity index (χ3v) is 5.60. The van der Waals surface area contributed by atoms with Gasteiger partial charge in [0, 0.05) is 37.1 Å². The Morgan fingerprint density at radius 1 is 0.833 bits per heavy atom. The minimum Gasteiger partial charge on any atom is -0.349 e. The van der Waals surface area contributed by atoms with Gasteiger partial charge < -0.3 is 10.2 Å². The highest BCUT2D eigenvalue weighted by atomic mass is 16.2. The third-order valence-electron chi connectivity index (χ3n) is 5.60. The molecule has 5 heteroatoms. The highest BCUT2D eigenvalue weighted by Crippen LogP contribution is 2.28. The Bertz CT molecular complexity index is 930. The van der Waals surface area contributed by atoms with Crippen molar-refractivity contribution in [1.29, 1.82) is 0 Å². The van der Waals surface area contributed by atoms with Gasteiger partial charge >= 0.3 is 0 Å². The summed E-state index contributed by atoms with van der Waals surface area (Å²) in [5.41, 5.74) is 2.61. The van der Waals surface area contributed by atoms with Crippen molar-refractivity contribution in [2.24, 2.45) is 0 Å². The van der Waals surface area contributed by atoms with Crippen LogP contribution in [0.3, 0.4) is 0 Å². The number of carbonyl (C=O) groups excluding carboxylic acids is 2. The van der Waals surface area contributed by atoms with Gasteiger partial charge in [-0.2, -0.15) is 0 Å². The van der Waals surface area contributed by atoms with Gasteiger partial charge in [-0.25, -0.2) is 0 Å². The summed E-state index contributed by atoms with van der Waals surface area (Å²) in [6.45, 7) is 1.27. The van der Waals surface area contributed by atoms with Crippen molar-refractivity contribution in [3.05, 3.63) is 102 Å². The Balaban J connectivity index is 1.43. The van der Waals surface area contributed by atoms with Crippen LogP contribution in [0.1, 0.15) is 40.2 Å². The first kappa shape index (κ1) is 19.8. The van der Waals surface area contributed by atoms with E-state index < -0.39 is 0 Å².